The van der Waals surface area contributed by atoms with Crippen LogP contribution in [0.15, 0.2) is 24.3 Å². The average Bonchev–Trinajstić information content (AvgIpc) is 2.51. The lowest BCUT2D eigenvalue weighted by Gasteiger charge is -2.46. The van der Waals surface area contributed by atoms with Crippen LogP contribution in [0.5, 0.6) is 0 Å². The highest BCUT2D eigenvalue weighted by molar-refractivity contribution is 5.36. The number of rotatable bonds is 2. The minimum absolute atomic E-state index is 0.128. The van der Waals surface area contributed by atoms with Gasteiger partial charge in [-0.3, -0.25) is 4.90 Å². The summed E-state index contributed by atoms with van der Waals surface area (Å²) in [4.78, 5) is 2.57. The summed E-state index contributed by atoms with van der Waals surface area (Å²) in [5, 5.41) is 0. The Bertz CT molecular complexity index is 490. The van der Waals surface area contributed by atoms with E-state index >= 15 is 0 Å². The zero-order valence-electron chi connectivity index (χ0n) is 13.5. The van der Waals surface area contributed by atoms with Gasteiger partial charge in [0, 0.05) is 25.7 Å². The van der Waals surface area contributed by atoms with Gasteiger partial charge >= 0.3 is 0 Å². The minimum Gasteiger partial charge on any atom is -0.380 e. The predicted octanol–water partition coefficient (Wildman–Crippen LogP) is 2.92. The molecule has 3 rings (SSSR count). The van der Waals surface area contributed by atoms with Crippen LogP contribution in [0.1, 0.15) is 49.8 Å². The number of ether oxygens (including phenoxy) is 1. The van der Waals surface area contributed by atoms with Crippen molar-refractivity contribution in [3.8, 4) is 0 Å². The van der Waals surface area contributed by atoms with E-state index in [1.807, 2.05) is 7.11 Å². The third kappa shape index (κ3) is 2.75. The van der Waals surface area contributed by atoms with Crippen LogP contribution in [0.3, 0.4) is 0 Å². The second kappa shape index (κ2) is 6.07. The maximum atomic E-state index is 6.62. The second-order valence-electron chi connectivity index (χ2n) is 6.89. The van der Waals surface area contributed by atoms with Gasteiger partial charge in [-0.1, -0.05) is 38.1 Å². The molecule has 1 fully saturated rings. The van der Waals surface area contributed by atoms with Gasteiger partial charge in [-0.2, -0.15) is 0 Å². The molecule has 21 heavy (non-hydrogen) atoms. The maximum Gasteiger partial charge on any atom is 0.0724 e. The number of hydrogen-bond donors (Lipinski definition) is 1. The Hall–Kier alpha value is -0.900. The summed E-state index contributed by atoms with van der Waals surface area (Å²) >= 11 is 0. The van der Waals surface area contributed by atoms with E-state index in [9.17, 15) is 0 Å². The van der Waals surface area contributed by atoms with E-state index in [2.05, 4.69) is 43.0 Å². The standard InChI is InChI=1S/C18H28N2O/c1-12-8-9-20(11-17(12)21-3)16-10-13(2)14-6-4-5-7-15(14)18(16)19/h4-7,12-13,16-18H,8-11,19H2,1-3H3. The fourth-order valence-electron chi connectivity index (χ4n) is 4.15. The van der Waals surface area contributed by atoms with E-state index in [4.69, 9.17) is 10.5 Å². The fraction of sp³-hybridized carbons (Fsp3) is 0.667. The molecule has 0 amide bonds. The van der Waals surface area contributed by atoms with E-state index in [1.165, 1.54) is 17.5 Å². The normalized spacial score (nSPS) is 37.2. The van der Waals surface area contributed by atoms with Gasteiger partial charge < -0.3 is 10.5 Å². The Labute approximate surface area is 128 Å². The van der Waals surface area contributed by atoms with E-state index in [0.717, 1.165) is 19.5 Å². The largest absolute Gasteiger partial charge is 0.380 e. The summed E-state index contributed by atoms with van der Waals surface area (Å²) in [5.74, 6) is 1.24. The number of piperidine rings is 1. The molecule has 3 nitrogen and oxygen atoms in total. The van der Waals surface area contributed by atoms with E-state index in [-0.39, 0.29) is 6.04 Å². The predicted molar refractivity (Wildman–Crippen MR) is 86.3 cm³/mol. The molecule has 0 saturated carbocycles. The molecule has 0 bridgehead atoms. The van der Waals surface area contributed by atoms with Gasteiger partial charge in [0.05, 0.1) is 6.10 Å². The Morgan fingerprint density at radius 1 is 1.19 bits per heavy atom. The third-order valence-corrected chi connectivity index (χ3v) is 5.59. The summed E-state index contributed by atoms with van der Waals surface area (Å²) in [6, 6.07) is 9.27. The molecule has 1 saturated heterocycles. The number of likely N-dealkylation sites (tertiary alicyclic amines) is 1. The molecule has 0 aromatic heterocycles. The molecule has 1 heterocycles. The average molecular weight is 288 g/mol. The lowest BCUT2D eigenvalue weighted by molar-refractivity contribution is -0.0261. The van der Waals surface area contributed by atoms with Gasteiger partial charge in [0.15, 0.2) is 0 Å². The molecule has 2 aliphatic rings. The van der Waals surface area contributed by atoms with Crippen LogP contribution in [0, 0.1) is 5.92 Å². The van der Waals surface area contributed by atoms with Gasteiger partial charge in [-0.15, -0.1) is 0 Å². The van der Waals surface area contributed by atoms with Crippen molar-refractivity contribution < 1.29 is 4.74 Å². The summed E-state index contributed by atoms with van der Waals surface area (Å²) in [6.07, 6.45) is 2.71. The minimum atomic E-state index is 0.128. The smallest absolute Gasteiger partial charge is 0.0724 e. The van der Waals surface area contributed by atoms with E-state index in [1.54, 1.807) is 0 Å². The molecule has 3 heteroatoms. The molecule has 1 aromatic carbocycles. The van der Waals surface area contributed by atoms with E-state index in [0.29, 0.717) is 24.0 Å². The van der Waals surface area contributed by atoms with Gasteiger partial charge in [0.1, 0.15) is 0 Å². The van der Waals surface area contributed by atoms with Crippen molar-refractivity contribution >= 4 is 0 Å². The highest BCUT2D eigenvalue weighted by atomic mass is 16.5. The Morgan fingerprint density at radius 2 is 1.90 bits per heavy atom. The van der Waals surface area contributed by atoms with Crippen molar-refractivity contribution in [2.45, 2.75) is 50.8 Å². The number of hydrogen-bond acceptors (Lipinski definition) is 3. The topological polar surface area (TPSA) is 38.5 Å². The van der Waals surface area contributed by atoms with Crippen molar-refractivity contribution in [3.63, 3.8) is 0 Å². The first kappa shape index (κ1) is 15.0. The number of nitrogens with two attached hydrogens (primary N) is 1. The van der Waals surface area contributed by atoms with Crippen LogP contribution in [-0.2, 0) is 4.74 Å². The van der Waals surface area contributed by atoms with E-state index < -0.39 is 0 Å². The molecule has 2 N–H and O–H groups in total. The summed E-state index contributed by atoms with van der Waals surface area (Å²) in [5.41, 5.74) is 9.40. The van der Waals surface area contributed by atoms with Crippen LogP contribution < -0.4 is 5.73 Å². The first-order valence-electron chi connectivity index (χ1n) is 8.23. The first-order chi connectivity index (χ1) is 10.1. The van der Waals surface area contributed by atoms with Crippen LogP contribution in [-0.4, -0.2) is 37.2 Å². The molecule has 1 aliphatic carbocycles. The van der Waals surface area contributed by atoms with Crippen molar-refractivity contribution in [2.75, 3.05) is 20.2 Å². The van der Waals surface area contributed by atoms with Crippen molar-refractivity contribution in [2.24, 2.45) is 11.7 Å². The molecular weight excluding hydrogens is 260 g/mol. The zero-order chi connectivity index (χ0) is 15.0. The van der Waals surface area contributed by atoms with Gasteiger partial charge in [0.2, 0.25) is 0 Å². The quantitative estimate of drug-likeness (QED) is 0.909. The maximum absolute atomic E-state index is 6.62. The lowest BCUT2D eigenvalue weighted by atomic mass is 9.77. The molecule has 0 spiro atoms. The Morgan fingerprint density at radius 3 is 2.62 bits per heavy atom. The third-order valence-electron chi connectivity index (χ3n) is 5.59. The van der Waals surface area contributed by atoms with Crippen molar-refractivity contribution in [1.29, 1.82) is 0 Å². The molecule has 5 atom stereocenters. The number of fused-ring (bicyclic) bond motifs is 1. The number of nitrogens with zero attached hydrogens (tertiary/aromatic N) is 1. The Kier molecular flexibility index (Phi) is 4.34. The molecule has 1 aromatic rings. The van der Waals surface area contributed by atoms with Crippen molar-refractivity contribution in [1.82, 2.24) is 4.90 Å². The summed E-state index contributed by atoms with van der Waals surface area (Å²) < 4.78 is 5.67. The highest BCUT2D eigenvalue weighted by Crippen LogP contribution is 2.39. The monoisotopic (exact) mass is 288 g/mol. The van der Waals surface area contributed by atoms with Crippen LogP contribution in [0.4, 0.5) is 0 Å². The first-order valence-corrected chi connectivity index (χ1v) is 8.23. The van der Waals surface area contributed by atoms with Gasteiger partial charge in [-0.05, 0) is 42.3 Å². The van der Waals surface area contributed by atoms with Crippen LogP contribution >= 0.6 is 0 Å². The SMILES string of the molecule is COC1CN(C2CC(C)c3ccccc3C2N)CCC1C. The highest BCUT2D eigenvalue weighted by Gasteiger charge is 2.37. The van der Waals surface area contributed by atoms with Crippen molar-refractivity contribution in [3.05, 3.63) is 35.4 Å². The number of methoxy groups -OCH3 is 1. The molecular formula is C18H28N2O. The molecule has 1 aliphatic heterocycles. The van der Waals surface area contributed by atoms with Crippen LogP contribution in [0.25, 0.3) is 0 Å². The summed E-state index contributed by atoms with van der Waals surface area (Å²) in [6.45, 7) is 6.79. The molecule has 5 unspecified atom stereocenters. The summed E-state index contributed by atoms with van der Waals surface area (Å²) in [7, 11) is 1.84. The molecule has 116 valence electrons. The zero-order valence-corrected chi connectivity index (χ0v) is 13.5. The number of benzene rings is 1. The lowest BCUT2D eigenvalue weighted by Crippen LogP contribution is -2.53. The second-order valence-corrected chi connectivity index (χ2v) is 6.89. The van der Waals surface area contributed by atoms with Gasteiger partial charge in [-0.25, -0.2) is 0 Å². The molecule has 0 radical (unpaired) electrons. The Balaban J connectivity index is 1.81. The van der Waals surface area contributed by atoms with Crippen LogP contribution in [0.2, 0.25) is 0 Å². The van der Waals surface area contributed by atoms with Gasteiger partial charge in [0.25, 0.3) is 0 Å². The fourth-order valence-corrected chi connectivity index (χ4v) is 4.15.